The topological polar surface area (TPSA) is 29.9 Å². The summed E-state index contributed by atoms with van der Waals surface area (Å²) in [6.07, 6.45) is 0. The van der Waals surface area contributed by atoms with Gasteiger partial charge in [0.1, 0.15) is 5.82 Å². The largest absolute Gasteiger partial charge is 0.376 e. The minimum Gasteiger partial charge on any atom is -0.376 e. The number of halogens is 3. The number of rotatable bonds is 3. The third-order valence-electron chi connectivity index (χ3n) is 2.66. The maximum Gasteiger partial charge on any atom is 0.147 e. The molecule has 96 valence electrons. The van der Waals surface area contributed by atoms with Gasteiger partial charge in [-0.1, -0.05) is 6.07 Å². The summed E-state index contributed by atoms with van der Waals surface area (Å²) in [7, 11) is 1.87. The van der Waals surface area contributed by atoms with Gasteiger partial charge in [-0.2, -0.15) is 5.10 Å². The van der Waals surface area contributed by atoms with E-state index in [-0.39, 0.29) is 5.82 Å². The van der Waals surface area contributed by atoms with Crippen LogP contribution in [0.25, 0.3) is 0 Å². The fraction of sp³-hybridized carbons (Fsp3) is 0.250. The molecule has 0 aliphatic carbocycles. The van der Waals surface area contributed by atoms with Crippen molar-refractivity contribution in [2.24, 2.45) is 7.05 Å². The van der Waals surface area contributed by atoms with Gasteiger partial charge in [-0.05, 0) is 50.9 Å². The molecule has 3 nitrogen and oxygen atoms in total. The Bertz CT molecular complexity index is 561. The van der Waals surface area contributed by atoms with Crippen LogP contribution in [-0.2, 0) is 13.6 Å². The number of nitrogens with one attached hydrogen (secondary N) is 1. The number of hydrogen-bond donors (Lipinski definition) is 1. The van der Waals surface area contributed by atoms with Gasteiger partial charge >= 0.3 is 0 Å². The Morgan fingerprint density at radius 2 is 2.11 bits per heavy atom. The van der Waals surface area contributed by atoms with Crippen LogP contribution in [0.1, 0.15) is 11.4 Å². The fourth-order valence-electron chi connectivity index (χ4n) is 1.71. The Kier molecular flexibility index (Phi) is 4.07. The average Bonchev–Trinajstić information content (AvgIpc) is 2.54. The Morgan fingerprint density at radius 1 is 1.39 bits per heavy atom. The molecule has 0 fully saturated rings. The van der Waals surface area contributed by atoms with Crippen LogP contribution in [-0.4, -0.2) is 9.78 Å². The highest BCUT2D eigenvalue weighted by Crippen LogP contribution is 2.27. The summed E-state index contributed by atoms with van der Waals surface area (Å²) < 4.78 is 17.1. The molecule has 0 unspecified atom stereocenters. The molecule has 2 aromatic rings. The summed E-state index contributed by atoms with van der Waals surface area (Å²) in [5.41, 5.74) is 2.35. The first-order valence-electron chi connectivity index (χ1n) is 5.36. The van der Waals surface area contributed by atoms with Crippen molar-refractivity contribution >= 4 is 37.5 Å². The van der Waals surface area contributed by atoms with Crippen LogP contribution < -0.4 is 5.32 Å². The smallest absolute Gasteiger partial charge is 0.147 e. The van der Waals surface area contributed by atoms with Crippen LogP contribution in [0, 0.1) is 12.7 Å². The quantitative estimate of drug-likeness (QED) is 0.877. The lowest BCUT2D eigenvalue weighted by Gasteiger charge is -2.10. The second-order valence-corrected chi connectivity index (χ2v) is 5.57. The Hall–Kier alpha value is -0.880. The number of hydrogen-bond acceptors (Lipinski definition) is 2. The second kappa shape index (κ2) is 5.40. The molecule has 1 heterocycles. The zero-order chi connectivity index (χ0) is 13.3. The highest BCUT2D eigenvalue weighted by molar-refractivity contribution is 9.11. The minimum absolute atomic E-state index is 0.278. The number of aryl methyl sites for hydroxylation is 2. The van der Waals surface area contributed by atoms with Gasteiger partial charge in [0, 0.05) is 11.5 Å². The molecule has 1 aromatic heterocycles. The van der Waals surface area contributed by atoms with Gasteiger partial charge in [-0.15, -0.1) is 0 Å². The van der Waals surface area contributed by atoms with Crippen molar-refractivity contribution in [2.75, 3.05) is 5.32 Å². The van der Waals surface area contributed by atoms with Gasteiger partial charge < -0.3 is 5.32 Å². The number of para-hydroxylation sites is 1. The van der Waals surface area contributed by atoms with E-state index in [4.69, 9.17) is 0 Å². The predicted molar refractivity (Wildman–Crippen MR) is 77.1 cm³/mol. The molecule has 1 aromatic carbocycles. The highest BCUT2D eigenvalue weighted by atomic mass is 79.9. The molecule has 0 amide bonds. The third-order valence-corrected chi connectivity index (χ3v) is 4.35. The minimum atomic E-state index is -0.278. The molecular weight excluding hydrogens is 365 g/mol. The fourth-order valence-corrected chi connectivity index (χ4v) is 2.67. The lowest BCUT2D eigenvalue weighted by molar-refractivity contribution is 0.628. The Balaban J connectivity index is 2.22. The van der Waals surface area contributed by atoms with Gasteiger partial charge in [0.05, 0.1) is 28.1 Å². The van der Waals surface area contributed by atoms with Crippen molar-refractivity contribution in [1.29, 1.82) is 0 Å². The molecule has 0 aliphatic rings. The molecule has 0 saturated heterocycles. The van der Waals surface area contributed by atoms with Crippen molar-refractivity contribution in [3.05, 3.63) is 44.3 Å². The molecule has 0 spiro atoms. The standard InChI is InChI=1S/C12H12Br2FN3/c1-7-11(14)10(18(2)17-7)6-16-12-8(13)4-3-5-9(12)15/h3-5,16H,6H2,1-2H3. The molecule has 0 atom stereocenters. The summed E-state index contributed by atoms with van der Waals surface area (Å²) >= 11 is 6.81. The lowest BCUT2D eigenvalue weighted by Crippen LogP contribution is -2.07. The van der Waals surface area contributed by atoms with Gasteiger partial charge in [0.15, 0.2) is 0 Å². The van der Waals surface area contributed by atoms with Crippen LogP contribution in [0.4, 0.5) is 10.1 Å². The highest BCUT2D eigenvalue weighted by Gasteiger charge is 2.12. The molecule has 0 radical (unpaired) electrons. The third kappa shape index (κ3) is 2.59. The summed E-state index contributed by atoms with van der Waals surface area (Å²) in [5, 5.41) is 7.37. The van der Waals surface area contributed by atoms with E-state index in [9.17, 15) is 4.39 Å². The van der Waals surface area contributed by atoms with E-state index in [1.54, 1.807) is 16.8 Å². The monoisotopic (exact) mass is 375 g/mol. The van der Waals surface area contributed by atoms with E-state index in [2.05, 4.69) is 42.3 Å². The molecule has 1 N–H and O–H groups in total. The molecule has 0 aliphatic heterocycles. The van der Waals surface area contributed by atoms with Crippen molar-refractivity contribution < 1.29 is 4.39 Å². The first kappa shape index (κ1) is 13.5. The summed E-state index contributed by atoms with van der Waals surface area (Å²) in [5.74, 6) is -0.278. The van der Waals surface area contributed by atoms with Crippen LogP contribution >= 0.6 is 31.9 Å². The number of anilines is 1. The van der Waals surface area contributed by atoms with Crippen molar-refractivity contribution in [3.8, 4) is 0 Å². The Labute approximate surface area is 122 Å². The van der Waals surface area contributed by atoms with E-state index < -0.39 is 0 Å². The second-order valence-electron chi connectivity index (χ2n) is 3.92. The number of nitrogens with zero attached hydrogens (tertiary/aromatic N) is 2. The summed E-state index contributed by atoms with van der Waals surface area (Å²) in [4.78, 5) is 0. The van der Waals surface area contributed by atoms with Crippen LogP contribution in [0.5, 0.6) is 0 Å². The van der Waals surface area contributed by atoms with Crippen LogP contribution in [0.15, 0.2) is 27.1 Å². The van der Waals surface area contributed by atoms with Gasteiger partial charge in [-0.25, -0.2) is 4.39 Å². The zero-order valence-electron chi connectivity index (χ0n) is 9.97. The molecule has 0 bridgehead atoms. The predicted octanol–water partition coefficient (Wildman–Crippen LogP) is 4.00. The first-order valence-corrected chi connectivity index (χ1v) is 6.95. The van der Waals surface area contributed by atoms with Crippen molar-refractivity contribution in [3.63, 3.8) is 0 Å². The average molecular weight is 377 g/mol. The van der Waals surface area contributed by atoms with E-state index in [0.29, 0.717) is 16.7 Å². The Morgan fingerprint density at radius 3 is 2.67 bits per heavy atom. The zero-order valence-corrected chi connectivity index (χ0v) is 13.1. The van der Waals surface area contributed by atoms with Gasteiger partial charge in [0.25, 0.3) is 0 Å². The number of benzene rings is 1. The SMILES string of the molecule is Cc1nn(C)c(CNc2c(F)cccc2Br)c1Br. The first-order chi connectivity index (χ1) is 8.50. The molecule has 2 rings (SSSR count). The number of aromatic nitrogens is 2. The maximum absolute atomic E-state index is 13.6. The lowest BCUT2D eigenvalue weighted by atomic mass is 10.3. The van der Waals surface area contributed by atoms with Gasteiger partial charge in [-0.3, -0.25) is 4.68 Å². The van der Waals surface area contributed by atoms with Gasteiger partial charge in [0.2, 0.25) is 0 Å². The van der Waals surface area contributed by atoms with E-state index >= 15 is 0 Å². The summed E-state index contributed by atoms with van der Waals surface area (Å²) in [6.45, 7) is 2.42. The molecule has 18 heavy (non-hydrogen) atoms. The van der Waals surface area contributed by atoms with Crippen LogP contribution in [0.3, 0.4) is 0 Å². The van der Waals surface area contributed by atoms with Crippen molar-refractivity contribution in [2.45, 2.75) is 13.5 Å². The van der Waals surface area contributed by atoms with Crippen molar-refractivity contribution in [1.82, 2.24) is 9.78 Å². The molecular formula is C12H12Br2FN3. The maximum atomic E-state index is 13.6. The van der Waals surface area contributed by atoms with E-state index in [1.165, 1.54) is 6.07 Å². The van der Waals surface area contributed by atoms with E-state index in [0.717, 1.165) is 15.9 Å². The normalized spacial score (nSPS) is 10.7. The molecule has 0 saturated carbocycles. The van der Waals surface area contributed by atoms with Crippen LogP contribution in [0.2, 0.25) is 0 Å². The summed E-state index contributed by atoms with van der Waals surface area (Å²) in [6, 6.07) is 4.89. The van der Waals surface area contributed by atoms with E-state index in [1.807, 2.05) is 14.0 Å². The molecule has 6 heteroatoms.